The van der Waals surface area contributed by atoms with Crippen LogP contribution in [0.25, 0.3) is 11.0 Å². The van der Waals surface area contributed by atoms with Crippen molar-refractivity contribution in [2.75, 3.05) is 18.5 Å². The Kier molecular flexibility index (Phi) is 4.86. The molecule has 0 unspecified atom stereocenters. The largest absolute Gasteiger partial charge is 0.308 e. The summed E-state index contributed by atoms with van der Waals surface area (Å²) in [4.78, 5) is 11.5. The number of hydrogen-bond donors (Lipinski definition) is 2. The van der Waals surface area contributed by atoms with Crippen molar-refractivity contribution in [2.45, 2.75) is 33.2 Å². The molecule has 0 saturated carbocycles. The maximum absolute atomic E-state index is 5.55. The second-order valence-corrected chi connectivity index (χ2v) is 4.91. The summed E-state index contributed by atoms with van der Waals surface area (Å²) in [5.41, 5.74) is 3.44. The zero-order valence-corrected chi connectivity index (χ0v) is 12.4. The molecule has 0 amide bonds. The summed E-state index contributed by atoms with van der Waals surface area (Å²) < 4.78 is 1.74. The van der Waals surface area contributed by atoms with E-state index in [1.165, 1.54) is 0 Å². The number of hydrogen-bond acceptors (Lipinski definition) is 6. The first-order valence-corrected chi connectivity index (χ1v) is 7.07. The fourth-order valence-electron chi connectivity index (χ4n) is 2.35. The quantitative estimate of drug-likeness (QED) is 0.585. The van der Waals surface area contributed by atoms with Crippen molar-refractivity contribution in [3.63, 3.8) is 0 Å². The minimum absolute atomic E-state index is 0.631. The minimum Gasteiger partial charge on any atom is -0.308 e. The van der Waals surface area contributed by atoms with Crippen LogP contribution >= 0.6 is 0 Å². The topological polar surface area (TPSA) is 84.9 Å². The number of aryl methyl sites for hydroxylation is 1. The predicted octanol–water partition coefficient (Wildman–Crippen LogP) is 1.27. The smallest absolute Gasteiger partial charge is 0.163 e. The summed E-state index contributed by atoms with van der Waals surface area (Å²) in [5, 5.41) is 5.05. The van der Waals surface area contributed by atoms with Crippen LogP contribution in [0.15, 0.2) is 6.20 Å². The number of hydrazine groups is 1. The van der Waals surface area contributed by atoms with Gasteiger partial charge in [0.05, 0.1) is 18.1 Å². The van der Waals surface area contributed by atoms with Crippen molar-refractivity contribution in [1.82, 2.24) is 24.6 Å². The van der Waals surface area contributed by atoms with Crippen LogP contribution in [0.2, 0.25) is 0 Å². The third-order valence-electron chi connectivity index (χ3n) is 3.22. The molecule has 0 fully saturated rings. The highest BCUT2D eigenvalue weighted by molar-refractivity contribution is 5.86. The monoisotopic (exact) mass is 277 g/mol. The second kappa shape index (κ2) is 6.62. The Bertz CT molecular complexity index is 557. The number of fused-ring (bicyclic) bond motifs is 1. The summed E-state index contributed by atoms with van der Waals surface area (Å²) in [6.45, 7) is 7.19. The van der Waals surface area contributed by atoms with Gasteiger partial charge in [-0.3, -0.25) is 9.58 Å². The van der Waals surface area contributed by atoms with E-state index in [1.54, 1.807) is 10.9 Å². The van der Waals surface area contributed by atoms with Crippen LogP contribution in [0, 0.1) is 0 Å². The van der Waals surface area contributed by atoms with Gasteiger partial charge in [0, 0.05) is 7.05 Å². The molecule has 7 heteroatoms. The van der Waals surface area contributed by atoms with Gasteiger partial charge >= 0.3 is 0 Å². The molecule has 0 aromatic carbocycles. The van der Waals surface area contributed by atoms with Crippen molar-refractivity contribution in [3.8, 4) is 0 Å². The molecule has 2 heterocycles. The van der Waals surface area contributed by atoms with Gasteiger partial charge < -0.3 is 5.43 Å². The molecule has 2 aromatic heterocycles. The van der Waals surface area contributed by atoms with Gasteiger partial charge in [0.15, 0.2) is 11.5 Å². The summed E-state index contributed by atoms with van der Waals surface area (Å²) in [6.07, 6.45) is 3.97. The van der Waals surface area contributed by atoms with E-state index in [1.807, 2.05) is 7.05 Å². The highest BCUT2D eigenvalue weighted by Crippen LogP contribution is 2.19. The van der Waals surface area contributed by atoms with E-state index < -0.39 is 0 Å². The van der Waals surface area contributed by atoms with Gasteiger partial charge in [0.1, 0.15) is 5.82 Å². The molecule has 0 radical (unpaired) electrons. The first kappa shape index (κ1) is 14.7. The maximum atomic E-state index is 5.55. The number of aromatic nitrogens is 4. The number of nitrogen functional groups attached to an aromatic ring is 1. The van der Waals surface area contributed by atoms with Gasteiger partial charge in [-0.2, -0.15) is 5.10 Å². The van der Waals surface area contributed by atoms with Crippen LogP contribution in [0.3, 0.4) is 0 Å². The molecule has 3 N–H and O–H groups in total. The SMILES string of the molecule is CCCN(CCC)Cc1nc(NN)c2cnn(C)c2n1. The van der Waals surface area contributed by atoms with Crippen molar-refractivity contribution in [3.05, 3.63) is 12.0 Å². The average molecular weight is 277 g/mol. The highest BCUT2D eigenvalue weighted by Gasteiger charge is 2.13. The molecule has 0 bridgehead atoms. The van der Waals surface area contributed by atoms with E-state index in [0.717, 1.165) is 49.3 Å². The Morgan fingerprint density at radius 1 is 1.25 bits per heavy atom. The van der Waals surface area contributed by atoms with Crippen LogP contribution in [-0.2, 0) is 13.6 Å². The van der Waals surface area contributed by atoms with Crippen LogP contribution < -0.4 is 11.3 Å². The Morgan fingerprint density at radius 2 is 1.95 bits per heavy atom. The molecule has 2 rings (SSSR count). The number of nitrogens with two attached hydrogens (primary N) is 1. The second-order valence-electron chi connectivity index (χ2n) is 4.91. The average Bonchev–Trinajstić information content (AvgIpc) is 2.80. The maximum Gasteiger partial charge on any atom is 0.163 e. The zero-order valence-electron chi connectivity index (χ0n) is 12.4. The Morgan fingerprint density at radius 3 is 2.55 bits per heavy atom. The molecule has 0 aliphatic carbocycles. The van der Waals surface area contributed by atoms with Crippen LogP contribution in [0.5, 0.6) is 0 Å². The molecule has 0 saturated heterocycles. The first-order chi connectivity index (χ1) is 9.69. The molecule has 0 aliphatic rings. The molecule has 110 valence electrons. The molecule has 7 nitrogen and oxygen atoms in total. The highest BCUT2D eigenvalue weighted by atomic mass is 15.3. The lowest BCUT2D eigenvalue weighted by molar-refractivity contribution is 0.260. The summed E-state index contributed by atoms with van der Waals surface area (Å²) in [6, 6.07) is 0. The summed E-state index contributed by atoms with van der Waals surface area (Å²) in [7, 11) is 1.87. The first-order valence-electron chi connectivity index (χ1n) is 7.07. The number of nitrogens with zero attached hydrogens (tertiary/aromatic N) is 5. The molecule has 0 atom stereocenters. The van der Waals surface area contributed by atoms with Crippen molar-refractivity contribution in [2.24, 2.45) is 12.9 Å². The third kappa shape index (κ3) is 3.05. The minimum atomic E-state index is 0.631. The Labute approximate surface area is 119 Å². The summed E-state index contributed by atoms with van der Waals surface area (Å²) >= 11 is 0. The Balaban J connectivity index is 2.31. The van der Waals surface area contributed by atoms with Gasteiger partial charge in [0.25, 0.3) is 0 Å². The van der Waals surface area contributed by atoms with Crippen LogP contribution in [0.4, 0.5) is 5.82 Å². The van der Waals surface area contributed by atoms with Crippen LogP contribution in [0.1, 0.15) is 32.5 Å². The molecular formula is C13H23N7. The number of nitrogens with one attached hydrogen (secondary N) is 1. The van der Waals surface area contributed by atoms with E-state index >= 15 is 0 Å². The number of anilines is 1. The standard InChI is InChI=1S/C13H23N7/c1-4-6-20(7-5-2)9-11-16-12(18-14)10-8-15-19(3)13(10)17-11/h8H,4-7,9,14H2,1-3H3,(H,16,17,18). The molecule has 2 aromatic rings. The zero-order chi connectivity index (χ0) is 14.5. The van der Waals surface area contributed by atoms with Gasteiger partial charge in [-0.05, 0) is 25.9 Å². The van der Waals surface area contributed by atoms with Crippen molar-refractivity contribution >= 4 is 16.9 Å². The lowest BCUT2D eigenvalue weighted by Gasteiger charge is -2.20. The Hall–Kier alpha value is -1.73. The van der Waals surface area contributed by atoms with Gasteiger partial charge in [-0.15, -0.1) is 0 Å². The fourth-order valence-corrected chi connectivity index (χ4v) is 2.35. The predicted molar refractivity (Wildman–Crippen MR) is 80.0 cm³/mol. The van der Waals surface area contributed by atoms with E-state index in [0.29, 0.717) is 5.82 Å². The van der Waals surface area contributed by atoms with Gasteiger partial charge in [0.2, 0.25) is 0 Å². The van der Waals surface area contributed by atoms with E-state index in [-0.39, 0.29) is 0 Å². The van der Waals surface area contributed by atoms with Crippen LogP contribution in [-0.4, -0.2) is 37.7 Å². The van der Waals surface area contributed by atoms with Crippen molar-refractivity contribution < 1.29 is 0 Å². The number of rotatable bonds is 7. The third-order valence-corrected chi connectivity index (χ3v) is 3.22. The molecule has 20 heavy (non-hydrogen) atoms. The molecular weight excluding hydrogens is 254 g/mol. The van der Waals surface area contributed by atoms with E-state index in [4.69, 9.17) is 5.84 Å². The van der Waals surface area contributed by atoms with E-state index in [9.17, 15) is 0 Å². The van der Waals surface area contributed by atoms with Crippen molar-refractivity contribution in [1.29, 1.82) is 0 Å². The van der Waals surface area contributed by atoms with Gasteiger partial charge in [-0.25, -0.2) is 15.8 Å². The lowest BCUT2D eigenvalue weighted by atomic mass is 10.3. The molecule has 0 aliphatic heterocycles. The lowest BCUT2D eigenvalue weighted by Crippen LogP contribution is -2.26. The summed E-state index contributed by atoms with van der Waals surface area (Å²) in [5.74, 6) is 6.96. The molecule has 0 spiro atoms. The fraction of sp³-hybridized carbons (Fsp3) is 0.615. The normalized spacial score (nSPS) is 11.4. The van der Waals surface area contributed by atoms with E-state index in [2.05, 4.69) is 39.2 Å². The van der Waals surface area contributed by atoms with Gasteiger partial charge in [-0.1, -0.05) is 13.8 Å².